The molecule has 0 N–H and O–H groups in total. The number of hydrogen-bond donors (Lipinski definition) is 0. The van der Waals surface area contributed by atoms with Crippen LogP contribution in [0.4, 0.5) is 0 Å². The summed E-state index contributed by atoms with van der Waals surface area (Å²) in [5.74, 6) is 0.806. The second-order valence-electron chi connectivity index (χ2n) is 5.39. The number of ether oxygens (including phenoxy) is 1. The van der Waals surface area contributed by atoms with E-state index in [0.29, 0.717) is 11.1 Å². The van der Waals surface area contributed by atoms with Gasteiger partial charge in [0.25, 0.3) is 0 Å². The van der Waals surface area contributed by atoms with Crippen LogP contribution in [-0.4, -0.2) is 12.9 Å². The van der Waals surface area contributed by atoms with E-state index in [1.54, 1.807) is 7.11 Å². The lowest BCUT2D eigenvalue weighted by Crippen LogP contribution is -2.02. The summed E-state index contributed by atoms with van der Waals surface area (Å²) in [7, 11) is 1.64. The molecule has 0 aliphatic carbocycles. The zero-order valence-electron chi connectivity index (χ0n) is 13.5. The monoisotopic (exact) mass is 314 g/mol. The molecule has 3 aromatic carbocycles. The summed E-state index contributed by atoms with van der Waals surface area (Å²) in [5, 5.41) is 0. The van der Waals surface area contributed by atoms with Crippen LogP contribution in [-0.2, 0) is 0 Å². The Hall–Kier alpha value is -3.13. The van der Waals surface area contributed by atoms with E-state index in [2.05, 4.69) is 0 Å². The van der Waals surface area contributed by atoms with Crippen molar-refractivity contribution in [2.24, 2.45) is 0 Å². The highest BCUT2D eigenvalue weighted by Gasteiger charge is 2.14. The normalized spacial score (nSPS) is 11.1. The molecule has 0 saturated heterocycles. The van der Waals surface area contributed by atoms with Gasteiger partial charge >= 0.3 is 0 Å². The van der Waals surface area contributed by atoms with Crippen molar-refractivity contribution in [3.63, 3.8) is 0 Å². The Kier molecular flexibility index (Phi) is 4.87. The quantitative estimate of drug-likeness (QED) is 0.371. The van der Waals surface area contributed by atoms with Crippen molar-refractivity contribution < 1.29 is 9.53 Å². The van der Waals surface area contributed by atoms with Gasteiger partial charge in [0.15, 0.2) is 5.78 Å². The third-order valence-corrected chi connectivity index (χ3v) is 3.79. The maximum atomic E-state index is 13.0. The maximum Gasteiger partial charge on any atom is 0.193 e. The van der Waals surface area contributed by atoms with Gasteiger partial charge in [-0.2, -0.15) is 0 Å². The van der Waals surface area contributed by atoms with Crippen molar-refractivity contribution in [3.05, 3.63) is 102 Å². The van der Waals surface area contributed by atoms with Crippen molar-refractivity contribution in [2.75, 3.05) is 7.11 Å². The SMILES string of the molecule is COc1ccc(/C=C(\C(=O)c2ccccc2)c2ccccc2)cc1. The molecular weight excluding hydrogens is 296 g/mol. The topological polar surface area (TPSA) is 26.3 Å². The fraction of sp³-hybridized carbons (Fsp3) is 0.0455. The van der Waals surface area contributed by atoms with E-state index in [0.717, 1.165) is 16.9 Å². The van der Waals surface area contributed by atoms with Crippen molar-refractivity contribution in [2.45, 2.75) is 0 Å². The Bertz CT molecular complexity index is 832. The van der Waals surface area contributed by atoms with Crippen molar-refractivity contribution in [3.8, 4) is 5.75 Å². The molecule has 0 bridgehead atoms. The predicted molar refractivity (Wildman–Crippen MR) is 98.1 cm³/mol. The summed E-state index contributed by atoms with van der Waals surface area (Å²) in [5.41, 5.74) is 3.22. The van der Waals surface area contributed by atoms with E-state index in [4.69, 9.17) is 4.74 Å². The molecule has 0 heterocycles. The lowest BCUT2D eigenvalue weighted by atomic mass is 9.95. The molecule has 0 spiro atoms. The number of hydrogen-bond acceptors (Lipinski definition) is 2. The van der Waals surface area contributed by atoms with E-state index in [9.17, 15) is 4.79 Å². The molecule has 3 rings (SSSR count). The Balaban J connectivity index is 2.05. The van der Waals surface area contributed by atoms with Crippen molar-refractivity contribution in [1.29, 1.82) is 0 Å². The molecule has 2 nitrogen and oxygen atoms in total. The molecular formula is C22H18O2. The first-order chi connectivity index (χ1) is 11.8. The molecule has 2 heteroatoms. The standard InChI is InChI=1S/C22H18O2/c1-24-20-14-12-17(13-15-20)16-21(18-8-4-2-5-9-18)22(23)19-10-6-3-7-11-19/h2-16H,1H3/b21-16-. The minimum Gasteiger partial charge on any atom is -0.497 e. The second-order valence-corrected chi connectivity index (χ2v) is 5.39. The highest BCUT2D eigenvalue weighted by Crippen LogP contribution is 2.24. The van der Waals surface area contributed by atoms with Gasteiger partial charge in [-0.25, -0.2) is 0 Å². The lowest BCUT2D eigenvalue weighted by Gasteiger charge is -2.08. The molecule has 3 aromatic rings. The zero-order chi connectivity index (χ0) is 16.8. The fourth-order valence-corrected chi connectivity index (χ4v) is 2.51. The van der Waals surface area contributed by atoms with Gasteiger partial charge in [-0.1, -0.05) is 72.8 Å². The van der Waals surface area contributed by atoms with Gasteiger partial charge in [0.2, 0.25) is 0 Å². The molecule has 0 aromatic heterocycles. The lowest BCUT2D eigenvalue weighted by molar-refractivity contribution is 0.105. The summed E-state index contributed by atoms with van der Waals surface area (Å²) < 4.78 is 5.19. The van der Waals surface area contributed by atoms with Gasteiger partial charge in [0.05, 0.1) is 7.11 Å². The van der Waals surface area contributed by atoms with Crippen LogP contribution in [0.5, 0.6) is 5.75 Å². The van der Waals surface area contributed by atoms with Gasteiger partial charge in [0, 0.05) is 11.1 Å². The van der Waals surface area contributed by atoms with Crippen LogP contribution in [0.3, 0.4) is 0 Å². The Labute approximate surface area is 142 Å². The van der Waals surface area contributed by atoms with Crippen LogP contribution in [0.25, 0.3) is 11.6 Å². The Morgan fingerprint density at radius 1 is 0.750 bits per heavy atom. The number of ketones is 1. The largest absolute Gasteiger partial charge is 0.497 e. The molecule has 0 amide bonds. The van der Waals surface area contributed by atoms with Crippen molar-refractivity contribution in [1.82, 2.24) is 0 Å². The van der Waals surface area contributed by atoms with E-state index >= 15 is 0 Å². The van der Waals surface area contributed by atoms with E-state index < -0.39 is 0 Å². The molecule has 24 heavy (non-hydrogen) atoms. The highest BCUT2D eigenvalue weighted by atomic mass is 16.5. The summed E-state index contributed by atoms with van der Waals surface area (Å²) in [6, 6.07) is 26.8. The molecule has 0 radical (unpaired) electrons. The van der Waals surface area contributed by atoms with E-state index in [1.165, 1.54) is 0 Å². The molecule has 0 fully saturated rings. The van der Waals surface area contributed by atoms with Crippen LogP contribution in [0.15, 0.2) is 84.9 Å². The number of allylic oxidation sites excluding steroid dienone is 1. The molecule has 0 saturated carbocycles. The Morgan fingerprint density at radius 2 is 1.29 bits per heavy atom. The summed E-state index contributed by atoms with van der Waals surface area (Å²) in [4.78, 5) is 13.0. The van der Waals surface area contributed by atoms with Gasteiger partial charge in [-0.05, 0) is 29.3 Å². The number of carbonyl (C=O) groups is 1. The van der Waals surface area contributed by atoms with Crippen LogP contribution < -0.4 is 4.74 Å². The zero-order valence-corrected chi connectivity index (χ0v) is 13.5. The smallest absolute Gasteiger partial charge is 0.193 e. The Morgan fingerprint density at radius 3 is 1.83 bits per heavy atom. The third-order valence-electron chi connectivity index (χ3n) is 3.79. The van der Waals surface area contributed by atoms with E-state index in [-0.39, 0.29) is 5.78 Å². The highest BCUT2D eigenvalue weighted by molar-refractivity contribution is 6.32. The van der Waals surface area contributed by atoms with Gasteiger partial charge in [-0.3, -0.25) is 4.79 Å². The predicted octanol–water partition coefficient (Wildman–Crippen LogP) is 5.12. The van der Waals surface area contributed by atoms with Gasteiger partial charge in [-0.15, -0.1) is 0 Å². The summed E-state index contributed by atoms with van der Waals surface area (Å²) in [6.07, 6.45) is 1.92. The molecule has 0 unspecified atom stereocenters. The molecule has 118 valence electrons. The van der Waals surface area contributed by atoms with Crippen LogP contribution in [0.2, 0.25) is 0 Å². The number of benzene rings is 3. The molecule has 0 atom stereocenters. The van der Waals surface area contributed by atoms with E-state index in [1.807, 2.05) is 91.0 Å². The number of Topliss-reactive ketones (excluding diaryl/α,β-unsaturated/α-hetero) is 1. The average molecular weight is 314 g/mol. The first-order valence-electron chi connectivity index (χ1n) is 7.79. The average Bonchev–Trinajstić information content (AvgIpc) is 2.67. The second kappa shape index (κ2) is 7.42. The number of rotatable bonds is 5. The number of methoxy groups -OCH3 is 1. The minimum absolute atomic E-state index is 0.0117. The number of carbonyl (C=O) groups excluding carboxylic acids is 1. The fourth-order valence-electron chi connectivity index (χ4n) is 2.51. The van der Waals surface area contributed by atoms with Gasteiger partial charge in [0.1, 0.15) is 5.75 Å². The van der Waals surface area contributed by atoms with Crippen LogP contribution in [0.1, 0.15) is 21.5 Å². The van der Waals surface area contributed by atoms with Crippen LogP contribution >= 0.6 is 0 Å². The maximum absolute atomic E-state index is 13.0. The third kappa shape index (κ3) is 3.61. The summed E-state index contributed by atoms with van der Waals surface area (Å²) >= 11 is 0. The molecule has 0 aliphatic rings. The van der Waals surface area contributed by atoms with Crippen LogP contribution in [0, 0.1) is 0 Å². The molecule has 0 aliphatic heterocycles. The first kappa shape index (κ1) is 15.8. The van der Waals surface area contributed by atoms with Crippen molar-refractivity contribution >= 4 is 17.4 Å². The summed E-state index contributed by atoms with van der Waals surface area (Å²) in [6.45, 7) is 0. The van der Waals surface area contributed by atoms with Gasteiger partial charge < -0.3 is 4.74 Å². The first-order valence-corrected chi connectivity index (χ1v) is 7.79. The minimum atomic E-state index is 0.0117.